The summed E-state index contributed by atoms with van der Waals surface area (Å²) in [6.45, 7) is 7.23. The van der Waals surface area contributed by atoms with Crippen LogP contribution in [0.4, 0.5) is 0 Å². The first kappa shape index (κ1) is 19.5. The first-order valence-electron chi connectivity index (χ1n) is 7.09. The van der Waals surface area contributed by atoms with Crippen molar-refractivity contribution in [1.82, 2.24) is 10.2 Å². The molecule has 6 heteroatoms. The largest absolute Gasteiger partial charge is 0.469 e. The van der Waals surface area contributed by atoms with Gasteiger partial charge in [-0.25, -0.2) is 0 Å². The maximum atomic E-state index is 11.1. The first-order valence-corrected chi connectivity index (χ1v) is 7.09. The molecule has 0 aromatic heterocycles. The molecule has 1 N–H and O–H groups in total. The Morgan fingerprint density at radius 1 is 1.50 bits per heavy atom. The lowest BCUT2D eigenvalue weighted by atomic mass is 9.97. The quantitative estimate of drug-likeness (QED) is 0.334. The number of ether oxygens (including phenoxy) is 1. The summed E-state index contributed by atoms with van der Waals surface area (Å²) in [6.07, 6.45) is 2.88. The minimum absolute atomic E-state index is 0. The van der Waals surface area contributed by atoms with Gasteiger partial charge in [-0.1, -0.05) is 13.8 Å². The molecule has 1 fully saturated rings. The van der Waals surface area contributed by atoms with Gasteiger partial charge in [0.15, 0.2) is 5.96 Å². The van der Waals surface area contributed by atoms with Crippen LogP contribution in [-0.4, -0.2) is 50.6 Å². The topological polar surface area (TPSA) is 53.9 Å². The van der Waals surface area contributed by atoms with E-state index in [9.17, 15) is 4.79 Å². The molecule has 1 unspecified atom stereocenters. The molecule has 0 bridgehead atoms. The van der Waals surface area contributed by atoms with E-state index in [1.165, 1.54) is 20.0 Å². The van der Waals surface area contributed by atoms with Crippen LogP contribution in [0.5, 0.6) is 0 Å². The Bertz CT molecular complexity index is 322. The van der Waals surface area contributed by atoms with Gasteiger partial charge < -0.3 is 15.0 Å². The predicted octanol–water partition coefficient (Wildman–Crippen LogP) is 2.11. The van der Waals surface area contributed by atoms with Crippen molar-refractivity contribution in [3.8, 4) is 0 Å². The molecule has 1 heterocycles. The molecule has 0 saturated carbocycles. The van der Waals surface area contributed by atoms with Crippen LogP contribution >= 0.6 is 24.0 Å². The van der Waals surface area contributed by atoms with Crippen molar-refractivity contribution >= 4 is 35.9 Å². The van der Waals surface area contributed by atoms with E-state index in [4.69, 9.17) is 0 Å². The third kappa shape index (κ3) is 6.76. The standard InChI is InChI=1S/C14H27N3O2.HI/c1-11(2)9-12-6-8-17(10-12)14(15-3)16-7-5-13(18)19-4;/h11-12H,5-10H2,1-4H3,(H,15,16);1H. The number of nitrogens with one attached hydrogen (secondary N) is 1. The highest BCUT2D eigenvalue weighted by Crippen LogP contribution is 2.23. The van der Waals surface area contributed by atoms with Crippen molar-refractivity contribution in [3.63, 3.8) is 0 Å². The molecule has 1 aliphatic heterocycles. The maximum absolute atomic E-state index is 11.1. The Kier molecular flexibility index (Phi) is 9.96. The van der Waals surface area contributed by atoms with Gasteiger partial charge >= 0.3 is 5.97 Å². The molecule has 0 spiro atoms. The van der Waals surface area contributed by atoms with Gasteiger partial charge in [0.1, 0.15) is 0 Å². The van der Waals surface area contributed by atoms with E-state index in [0.717, 1.165) is 30.9 Å². The minimum Gasteiger partial charge on any atom is -0.469 e. The maximum Gasteiger partial charge on any atom is 0.307 e. The van der Waals surface area contributed by atoms with Gasteiger partial charge in [-0.2, -0.15) is 0 Å². The predicted molar refractivity (Wildman–Crippen MR) is 92.5 cm³/mol. The van der Waals surface area contributed by atoms with Gasteiger partial charge in [0.05, 0.1) is 13.5 Å². The Morgan fingerprint density at radius 3 is 2.75 bits per heavy atom. The van der Waals surface area contributed by atoms with Crippen LogP contribution in [-0.2, 0) is 9.53 Å². The Labute approximate surface area is 139 Å². The molecule has 5 nitrogen and oxygen atoms in total. The van der Waals surface area contributed by atoms with Crippen LogP contribution in [0.3, 0.4) is 0 Å². The number of esters is 1. The van der Waals surface area contributed by atoms with E-state index in [2.05, 4.69) is 33.8 Å². The normalized spacial score (nSPS) is 18.9. The fraction of sp³-hybridized carbons (Fsp3) is 0.857. The first-order chi connectivity index (χ1) is 9.06. The van der Waals surface area contributed by atoms with E-state index in [0.29, 0.717) is 13.0 Å². The molecule has 1 saturated heterocycles. The molecule has 0 aromatic carbocycles. The Balaban J connectivity index is 0.00000361. The second-order valence-electron chi connectivity index (χ2n) is 5.53. The molecule has 1 atom stereocenters. The molecule has 0 radical (unpaired) electrons. The van der Waals surface area contributed by atoms with Gasteiger partial charge in [0.2, 0.25) is 0 Å². The highest BCUT2D eigenvalue weighted by molar-refractivity contribution is 14.0. The molecular weight excluding hydrogens is 369 g/mol. The lowest BCUT2D eigenvalue weighted by Crippen LogP contribution is -2.41. The van der Waals surface area contributed by atoms with E-state index in [1.54, 1.807) is 7.05 Å². The second kappa shape index (κ2) is 10.2. The average molecular weight is 397 g/mol. The number of carbonyl (C=O) groups is 1. The number of guanidine groups is 1. The average Bonchev–Trinajstić information content (AvgIpc) is 2.81. The minimum atomic E-state index is -0.193. The van der Waals surface area contributed by atoms with Gasteiger partial charge in [-0.05, 0) is 24.7 Å². The summed E-state index contributed by atoms with van der Waals surface area (Å²) < 4.78 is 4.62. The third-order valence-corrected chi connectivity index (χ3v) is 3.44. The molecule has 1 rings (SSSR count). The van der Waals surface area contributed by atoms with Crippen molar-refractivity contribution < 1.29 is 9.53 Å². The Hall–Kier alpha value is -0.530. The number of carbonyl (C=O) groups excluding carboxylic acids is 1. The molecule has 0 amide bonds. The van der Waals surface area contributed by atoms with Crippen molar-refractivity contribution in [2.75, 3.05) is 33.8 Å². The number of rotatable bonds is 5. The second-order valence-corrected chi connectivity index (χ2v) is 5.53. The summed E-state index contributed by atoms with van der Waals surface area (Å²) in [4.78, 5) is 17.6. The summed E-state index contributed by atoms with van der Waals surface area (Å²) >= 11 is 0. The number of hydrogen-bond donors (Lipinski definition) is 1. The van der Waals surface area contributed by atoms with Crippen molar-refractivity contribution in [2.45, 2.75) is 33.1 Å². The van der Waals surface area contributed by atoms with Crippen LogP contribution < -0.4 is 5.32 Å². The highest BCUT2D eigenvalue weighted by atomic mass is 127. The van der Waals surface area contributed by atoms with E-state index in [-0.39, 0.29) is 29.9 Å². The molecule has 1 aliphatic rings. The van der Waals surface area contributed by atoms with Crippen molar-refractivity contribution in [1.29, 1.82) is 0 Å². The summed E-state index contributed by atoms with van der Waals surface area (Å²) in [5.41, 5.74) is 0. The summed E-state index contributed by atoms with van der Waals surface area (Å²) in [5.74, 6) is 2.22. The van der Waals surface area contributed by atoms with Gasteiger partial charge in [0, 0.05) is 26.7 Å². The summed E-state index contributed by atoms with van der Waals surface area (Å²) in [5, 5.41) is 3.23. The fourth-order valence-corrected chi connectivity index (χ4v) is 2.59. The van der Waals surface area contributed by atoms with Crippen molar-refractivity contribution in [3.05, 3.63) is 0 Å². The molecule has 0 aliphatic carbocycles. The number of hydrogen-bond acceptors (Lipinski definition) is 3. The zero-order valence-electron chi connectivity index (χ0n) is 13.0. The summed E-state index contributed by atoms with van der Waals surface area (Å²) in [6, 6.07) is 0. The number of likely N-dealkylation sites (tertiary alicyclic amines) is 1. The molecule has 20 heavy (non-hydrogen) atoms. The lowest BCUT2D eigenvalue weighted by molar-refractivity contribution is -0.140. The van der Waals surface area contributed by atoms with Crippen LogP contribution in [0.1, 0.15) is 33.1 Å². The lowest BCUT2D eigenvalue weighted by Gasteiger charge is -2.22. The van der Waals surface area contributed by atoms with Gasteiger partial charge in [0.25, 0.3) is 0 Å². The number of methoxy groups -OCH3 is 1. The van der Waals surface area contributed by atoms with Gasteiger partial charge in [-0.3, -0.25) is 9.79 Å². The third-order valence-electron chi connectivity index (χ3n) is 3.44. The summed E-state index contributed by atoms with van der Waals surface area (Å²) in [7, 11) is 3.20. The van der Waals surface area contributed by atoms with Crippen LogP contribution in [0.2, 0.25) is 0 Å². The van der Waals surface area contributed by atoms with E-state index < -0.39 is 0 Å². The SMILES string of the molecule is CN=C(NCCC(=O)OC)N1CCC(CC(C)C)C1.I. The molecule has 118 valence electrons. The zero-order chi connectivity index (χ0) is 14.3. The smallest absolute Gasteiger partial charge is 0.307 e. The van der Waals surface area contributed by atoms with Crippen LogP contribution in [0, 0.1) is 11.8 Å². The van der Waals surface area contributed by atoms with Crippen molar-refractivity contribution in [2.24, 2.45) is 16.8 Å². The van der Waals surface area contributed by atoms with Crippen LogP contribution in [0.15, 0.2) is 4.99 Å². The highest BCUT2D eigenvalue weighted by Gasteiger charge is 2.25. The van der Waals surface area contributed by atoms with Crippen LogP contribution in [0.25, 0.3) is 0 Å². The van der Waals surface area contributed by atoms with E-state index in [1.807, 2.05) is 0 Å². The monoisotopic (exact) mass is 397 g/mol. The Morgan fingerprint density at radius 2 is 2.20 bits per heavy atom. The number of halogens is 1. The fourth-order valence-electron chi connectivity index (χ4n) is 2.59. The zero-order valence-corrected chi connectivity index (χ0v) is 15.3. The number of nitrogens with zero attached hydrogens (tertiary/aromatic N) is 2. The van der Waals surface area contributed by atoms with Gasteiger partial charge in [-0.15, -0.1) is 24.0 Å². The molecular formula is C14H28IN3O2. The number of aliphatic imine (C=N–C) groups is 1. The molecule has 0 aromatic rings. The van der Waals surface area contributed by atoms with E-state index >= 15 is 0 Å².